The molecular weight excluding hydrogens is 318 g/mol. The molecule has 4 rings (SSSR count). The summed E-state index contributed by atoms with van der Waals surface area (Å²) < 4.78 is 7.28. The fourth-order valence-electron chi connectivity index (χ4n) is 4.08. The van der Waals surface area contributed by atoms with Crippen LogP contribution in [-0.4, -0.2) is 69.7 Å². The van der Waals surface area contributed by atoms with Crippen molar-refractivity contribution >= 4 is 11.6 Å². The van der Waals surface area contributed by atoms with Crippen molar-refractivity contribution in [2.24, 2.45) is 0 Å². The van der Waals surface area contributed by atoms with E-state index >= 15 is 0 Å². The number of likely N-dealkylation sites (tertiary alicyclic amines) is 1. The number of aryl methyl sites for hydroxylation is 1. The molecule has 25 heavy (non-hydrogen) atoms. The lowest BCUT2D eigenvalue weighted by Gasteiger charge is -2.37. The number of morpholine rings is 1. The lowest BCUT2D eigenvalue weighted by molar-refractivity contribution is -0.137. The van der Waals surface area contributed by atoms with Gasteiger partial charge in [0.2, 0.25) is 5.91 Å². The van der Waals surface area contributed by atoms with Crippen LogP contribution in [0.2, 0.25) is 0 Å². The van der Waals surface area contributed by atoms with Crippen LogP contribution in [0.1, 0.15) is 31.2 Å². The zero-order valence-corrected chi connectivity index (χ0v) is 14.9. The normalized spacial score (nSPS) is 25.0. The van der Waals surface area contributed by atoms with Crippen LogP contribution in [0.4, 0.5) is 0 Å². The quantitative estimate of drug-likeness (QED) is 0.838. The smallest absolute Gasteiger partial charge is 0.237 e. The first-order chi connectivity index (χ1) is 12.1. The van der Waals surface area contributed by atoms with Gasteiger partial charge in [0.1, 0.15) is 0 Å². The highest BCUT2D eigenvalue weighted by atomic mass is 16.5. The van der Waals surface area contributed by atoms with Crippen molar-refractivity contribution in [1.29, 1.82) is 0 Å². The van der Waals surface area contributed by atoms with E-state index in [1.807, 2.05) is 34.7 Å². The summed E-state index contributed by atoms with van der Waals surface area (Å²) in [7, 11) is 0. The van der Waals surface area contributed by atoms with E-state index in [1.165, 1.54) is 0 Å². The van der Waals surface area contributed by atoms with Crippen molar-refractivity contribution in [3.8, 4) is 0 Å². The average molecular weight is 343 g/mol. The SMILES string of the molecule is Cc1cc2nccc(C3(C)CCCN3C(=O)CN3CCOCC3)n2n1. The Morgan fingerprint density at radius 2 is 2.12 bits per heavy atom. The molecule has 0 spiro atoms. The molecule has 4 heterocycles. The number of nitrogens with zero attached hydrogens (tertiary/aromatic N) is 5. The van der Waals surface area contributed by atoms with E-state index in [1.54, 1.807) is 0 Å². The van der Waals surface area contributed by atoms with Crippen molar-refractivity contribution < 1.29 is 9.53 Å². The fourth-order valence-corrected chi connectivity index (χ4v) is 4.08. The molecule has 0 bridgehead atoms. The highest BCUT2D eigenvalue weighted by Gasteiger charge is 2.43. The minimum absolute atomic E-state index is 0.191. The number of aromatic nitrogens is 3. The van der Waals surface area contributed by atoms with Gasteiger partial charge < -0.3 is 9.64 Å². The molecule has 0 aromatic carbocycles. The first-order valence-corrected chi connectivity index (χ1v) is 9.00. The average Bonchev–Trinajstić information content (AvgIpc) is 3.17. The van der Waals surface area contributed by atoms with Gasteiger partial charge >= 0.3 is 0 Å². The van der Waals surface area contributed by atoms with Gasteiger partial charge in [-0.3, -0.25) is 9.69 Å². The maximum absolute atomic E-state index is 13.0. The van der Waals surface area contributed by atoms with Crippen LogP contribution in [0, 0.1) is 6.92 Å². The van der Waals surface area contributed by atoms with Crippen LogP contribution in [0.3, 0.4) is 0 Å². The lowest BCUT2D eigenvalue weighted by atomic mass is 9.94. The van der Waals surface area contributed by atoms with Crippen LogP contribution in [0.5, 0.6) is 0 Å². The minimum Gasteiger partial charge on any atom is -0.379 e. The predicted molar refractivity (Wildman–Crippen MR) is 93.3 cm³/mol. The van der Waals surface area contributed by atoms with E-state index in [-0.39, 0.29) is 11.4 Å². The molecule has 0 radical (unpaired) electrons. The Morgan fingerprint density at radius 3 is 2.92 bits per heavy atom. The van der Waals surface area contributed by atoms with Gasteiger partial charge in [0.05, 0.1) is 36.7 Å². The summed E-state index contributed by atoms with van der Waals surface area (Å²) >= 11 is 0. The van der Waals surface area contributed by atoms with Crippen LogP contribution >= 0.6 is 0 Å². The molecule has 7 nitrogen and oxygen atoms in total. The van der Waals surface area contributed by atoms with Gasteiger partial charge in [-0.1, -0.05) is 0 Å². The van der Waals surface area contributed by atoms with Crippen molar-refractivity contribution in [3.05, 3.63) is 29.7 Å². The van der Waals surface area contributed by atoms with E-state index < -0.39 is 0 Å². The molecular formula is C18H25N5O2. The Labute approximate surface area is 147 Å². The summed E-state index contributed by atoms with van der Waals surface area (Å²) in [4.78, 5) is 21.7. The third-order valence-electron chi connectivity index (χ3n) is 5.44. The molecule has 1 unspecified atom stereocenters. The first-order valence-electron chi connectivity index (χ1n) is 9.00. The van der Waals surface area contributed by atoms with Gasteiger partial charge in [-0.05, 0) is 32.8 Å². The molecule has 0 N–H and O–H groups in total. The van der Waals surface area contributed by atoms with Crippen LogP contribution in [0.15, 0.2) is 18.3 Å². The summed E-state index contributed by atoms with van der Waals surface area (Å²) in [5.74, 6) is 0.191. The van der Waals surface area contributed by atoms with Crippen LogP contribution in [-0.2, 0) is 15.1 Å². The third-order valence-corrected chi connectivity index (χ3v) is 5.44. The number of hydrogen-bond donors (Lipinski definition) is 0. The van der Waals surface area contributed by atoms with Gasteiger partial charge in [-0.25, -0.2) is 9.50 Å². The number of amides is 1. The molecule has 0 saturated carbocycles. The standard InChI is InChI=1S/C18H25N5O2/c1-14-12-16-19-6-4-15(23(16)20-14)18(2)5-3-7-22(18)17(24)13-21-8-10-25-11-9-21/h4,6,12H,3,5,7-11,13H2,1-2H3. The summed E-state index contributed by atoms with van der Waals surface area (Å²) in [5, 5.41) is 4.60. The van der Waals surface area contributed by atoms with Crippen molar-refractivity contribution in [1.82, 2.24) is 24.4 Å². The highest BCUT2D eigenvalue weighted by Crippen LogP contribution is 2.38. The highest BCUT2D eigenvalue weighted by molar-refractivity contribution is 5.79. The van der Waals surface area contributed by atoms with Gasteiger partial charge in [-0.2, -0.15) is 5.10 Å². The zero-order chi connectivity index (χ0) is 17.4. The summed E-state index contributed by atoms with van der Waals surface area (Å²) in [6.45, 7) is 8.46. The number of ether oxygens (including phenoxy) is 1. The molecule has 2 aliphatic heterocycles. The van der Waals surface area contributed by atoms with E-state index in [4.69, 9.17) is 4.74 Å². The molecule has 1 amide bonds. The lowest BCUT2D eigenvalue weighted by Crippen LogP contribution is -2.50. The Balaban J connectivity index is 1.63. The zero-order valence-electron chi connectivity index (χ0n) is 14.9. The van der Waals surface area contributed by atoms with Crippen molar-refractivity contribution in [3.63, 3.8) is 0 Å². The topological polar surface area (TPSA) is 63.0 Å². The molecule has 134 valence electrons. The maximum atomic E-state index is 13.0. The summed E-state index contributed by atoms with van der Waals surface area (Å²) in [6, 6.07) is 3.97. The largest absolute Gasteiger partial charge is 0.379 e. The van der Waals surface area contributed by atoms with E-state index in [2.05, 4.69) is 21.9 Å². The predicted octanol–water partition coefficient (Wildman–Crippen LogP) is 1.21. The Hall–Kier alpha value is -1.99. The van der Waals surface area contributed by atoms with Gasteiger partial charge in [0.15, 0.2) is 5.65 Å². The van der Waals surface area contributed by atoms with Gasteiger partial charge in [0.25, 0.3) is 0 Å². The molecule has 2 aromatic heterocycles. The van der Waals surface area contributed by atoms with Crippen LogP contribution < -0.4 is 0 Å². The molecule has 2 aliphatic rings. The second-order valence-electron chi connectivity index (χ2n) is 7.20. The summed E-state index contributed by atoms with van der Waals surface area (Å²) in [5.41, 5.74) is 2.47. The number of carbonyl (C=O) groups excluding carboxylic acids is 1. The fraction of sp³-hybridized carbons (Fsp3) is 0.611. The molecule has 0 aliphatic carbocycles. The number of rotatable bonds is 3. The van der Waals surface area contributed by atoms with Gasteiger partial charge in [-0.15, -0.1) is 0 Å². The molecule has 7 heteroatoms. The Morgan fingerprint density at radius 1 is 1.32 bits per heavy atom. The first kappa shape index (κ1) is 16.5. The Bertz CT molecular complexity index is 783. The van der Waals surface area contributed by atoms with E-state index in [9.17, 15) is 4.79 Å². The van der Waals surface area contributed by atoms with Crippen molar-refractivity contribution in [2.45, 2.75) is 32.2 Å². The van der Waals surface area contributed by atoms with E-state index in [0.717, 1.165) is 49.5 Å². The van der Waals surface area contributed by atoms with Gasteiger partial charge in [0, 0.05) is 31.9 Å². The molecule has 1 atom stereocenters. The number of fused-ring (bicyclic) bond motifs is 1. The monoisotopic (exact) mass is 343 g/mol. The minimum atomic E-state index is -0.344. The third kappa shape index (κ3) is 2.91. The second-order valence-corrected chi connectivity index (χ2v) is 7.20. The maximum Gasteiger partial charge on any atom is 0.237 e. The second kappa shape index (κ2) is 6.38. The molecule has 2 saturated heterocycles. The van der Waals surface area contributed by atoms with E-state index in [0.29, 0.717) is 19.8 Å². The summed E-state index contributed by atoms with van der Waals surface area (Å²) in [6.07, 6.45) is 3.77. The Kier molecular flexibility index (Phi) is 4.21. The van der Waals surface area contributed by atoms with Crippen molar-refractivity contribution in [2.75, 3.05) is 39.4 Å². The molecule has 2 fully saturated rings. The number of carbonyl (C=O) groups is 1. The van der Waals surface area contributed by atoms with Crippen LogP contribution in [0.25, 0.3) is 5.65 Å². The molecule has 2 aromatic rings. The number of hydrogen-bond acceptors (Lipinski definition) is 5.